The quantitative estimate of drug-likeness (QED) is 0.474. The number of hydrogen-bond acceptors (Lipinski definition) is 7. The first kappa shape index (κ1) is 22.9. The van der Waals surface area contributed by atoms with Crippen LogP contribution >= 0.6 is 0 Å². The van der Waals surface area contributed by atoms with Gasteiger partial charge in [0.2, 0.25) is 17.7 Å². The molecule has 35 heavy (non-hydrogen) atoms. The third kappa shape index (κ3) is 4.34. The number of rotatable bonds is 5. The largest absolute Gasteiger partial charge is 0.493 e. The number of nitrogens with zero attached hydrogens (tertiary/aromatic N) is 7. The predicted molar refractivity (Wildman–Crippen MR) is 138 cm³/mol. The molecular formula is C26H31N7O2. The molecule has 0 aliphatic carbocycles. The van der Waals surface area contributed by atoms with Gasteiger partial charge in [-0.15, -0.1) is 0 Å². The van der Waals surface area contributed by atoms with Gasteiger partial charge in [0.25, 0.3) is 0 Å². The van der Waals surface area contributed by atoms with Crippen molar-refractivity contribution in [2.75, 3.05) is 43.0 Å². The number of fused-ring (bicyclic) bond motifs is 2. The molecule has 1 aromatic carbocycles. The standard InChI is InChI=1S/C26H31N7O2/c1-17(2)33-16-21-23(25(33)35)28-26(32-12-10-31(11-13-32)18(3)34)29-24(21)30(4)15-19-7-8-22-20(14-19)6-5-9-27-22/h5-9,14,16-17,35H,10-13,15H2,1-4H3. The lowest BCUT2D eigenvalue weighted by atomic mass is 10.1. The van der Waals surface area contributed by atoms with Crippen LogP contribution in [0.1, 0.15) is 32.4 Å². The highest BCUT2D eigenvalue weighted by atomic mass is 16.3. The Morgan fingerprint density at radius 3 is 2.63 bits per heavy atom. The van der Waals surface area contributed by atoms with Gasteiger partial charge in [-0.1, -0.05) is 12.1 Å². The fourth-order valence-corrected chi connectivity index (χ4v) is 4.68. The Morgan fingerprint density at radius 2 is 1.91 bits per heavy atom. The lowest BCUT2D eigenvalue weighted by Crippen LogP contribution is -2.48. The first-order valence-corrected chi connectivity index (χ1v) is 12.0. The molecule has 0 bridgehead atoms. The van der Waals surface area contributed by atoms with Crippen molar-refractivity contribution in [3.05, 3.63) is 48.3 Å². The van der Waals surface area contributed by atoms with Gasteiger partial charge in [-0.3, -0.25) is 9.78 Å². The topological polar surface area (TPSA) is 90.6 Å². The summed E-state index contributed by atoms with van der Waals surface area (Å²) in [6.45, 7) is 8.86. The highest BCUT2D eigenvalue weighted by molar-refractivity contribution is 5.94. The monoisotopic (exact) mass is 473 g/mol. The molecule has 182 valence electrons. The summed E-state index contributed by atoms with van der Waals surface area (Å²) < 4.78 is 1.83. The Hall–Kier alpha value is -3.88. The van der Waals surface area contributed by atoms with Gasteiger partial charge in [-0.25, -0.2) is 4.98 Å². The van der Waals surface area contributed by atoms with Crippen molar-refractivity contribution in [3.63, 3.8) is 0 Å². The van der Waals surface area contributed by atoms with Crippen LogP contribution in [0.15, 0.2) is 42.7 Å². The number of hydrogen-bond donors (Lipinski definition) is 1. The van der Waals surface area contributed by atoms with Crippen LogP contribution in [0.25, 0.3) is 21.8 Å². The predicted octanol–water partition coefficient (Wildman–Crippen LogP) is 3.57. The third-order valence-corrected chi connectivity index (χ3v) is 6.65. The van der Waals surface area contributed by atoms with E-state index in [0.717, 1.165) is 27.7 Å². The summed E-state index contributed by atoms with van der Waals surface area (Å²) in [4.78, 5) is 31.9. The lowest BCUT2D eigenvalue weighted by molar-refractivity contribution is -0.129. The Kier molecular flexibility index (Phi) is 5.92. The Morgan fingerprint density at radius 1 is 1.14 bits per heavy atom. The van der Waals surface area contributed by atoms with Crippen molar-refractivity contribution in [2.45, 2.75) is 33.4 Å². The zero-order valence-corrected chi connectivity index (χ0v) is 20.6. The molecule has 1 aliphatic heterocycles. The average Bonchev–Trinajstić information content (AvgIpc) is 3.20. The number of aromatic hydroxyl groups is 1. The first-order valence-electron chi connectivity index (χ1n) is 12.0. The van der Waals surface area contributed by atoms with Crippen LogP contribution in [0, 0.1) is 0 Å². The normalized spacial score (nSPS) is 14.3. The molecule has 0 spiro atoms. The van der Waals surface area contributed by atoms with E-state index in [2.05, 4.69) is 33.0 Å². The van der Waals surface area contributed by atoms with Crippen LogP contribution in [0.4, 0.5) is 11.8 Å². The maximum absolute atomic E-state index is 11.8. The maximum atomic E-state index is 11.8. The van der Waals surface area contributed by atoms with Crippen LogP contribution in [0.3, 0.4) is 0 Å². The number of carbonyl (C=O) groups is 1. The van der Waals surface area contributed by atoms with Gasteiger partial charge in [0.05, 0.1) is 10.9 Å². The second-order valence-corrected chi connectivity index (χ2v) is 9.44. The molecule has 1 amide bonds. The number of piperazine rings is 1. The van der Waals surface area contributed by atoms with E-state index in [9.17, 15) is 9.90 Å². The molecule has 0 saturated carbocycles. The average molecular weight is 474 g/mol. The second kappa shape index (κ2) is 9.05. The van der Waals surface area contributed by atoms with Crippen molar-refractivity contribution in [1.29, 1.82) is 0 Å². The molecule has 1 fully saturated rings. The molecule has 1 saturated heterocycles. The van der Waals surface area contributed by atoms with E-state index in [1.165, 1.54) is 0 Å². The minimum absolute atomic E-state index is 0.0814. The van der Waals surface area contributed by atoms with Crippen molar-refractivity contribution < 1.29 is 9.90 Å². The van der Waals surface area contributed by atoms with E-state index in [1.807, 2.05) is 48.7 Å². The van der Waals surface area contributed by atoms with Crippen molar-refractivity contribution in [1.82, 2.24) is 24.4 Å². The lowest BCUT2D eigenvalue weighted by Gasteiger charge is -2.34. The Labute approximate surface area is 204 Å². The molecule has 0 unspecified atom stereocenters. The zero-order chi connectivity index (χ0) is 24.7. The number of benzene rings is 1. The van der Waals surface area contributed by atoms with Gasteiger partial charge in [0.15, 0.2) is 0 Å². The Balaban J connectivity index is 1.53. The van der Waals surface area contributed by atoms with E-state index >= 15 is 0 Å². The first-order chi connectivity index (χ1) is 16.8. The fourth-order valence-electron chi connectivity index (χ4n) is 4.68. The van der Waals surface area contributed by atoms with Crippen molar-refractivity contribution in [2.24, 2.45) is 0 Å². The van der Waals surface area contributed by atoms with Crippen LogP contribution in [0.2, 0.25) is 0 Å². The molecule has 3 aromatic heterocycles. The van der Waals surface area contributed by atoms with Crippen LogP contribution in [0.5, 0.6) is 5.88 Å². The summed E-state index contributed by atoms with van der Waals surface area (Å²) in [6, 6.07) is 10.4. The molecule has 1 aliphatic rings. The van der Waals surface area contributed by atoms with Gasteiger partial charge in [0.1, 0.15) is 11.3 Å². The molecule has 9 heteroatoms. The molecule has 1 N–H and O–H groups in total. The van der Waals surface area contributed by atoms with E-state index in [0.29, 0.717) is 44.2 Å². The smallest absolute Gasteiger partial charge is 0.228 e. The molecule has 4 heterocycles. The van der Waals surface area contributed by atoms with E-state index < -0.39 is 0 Å². The van der Waals surface area contributed by atoms with Crippen molar-refractivity contribution in [3.8, 4) is 5.88 Å². The number of amides is 1. The van der Waals surface area contributed by atoms with Gasteiger partial charge in [-0.05, 0) is 37.6 Å². The summed E-state index contributed by atoms with van der Waals surface area (Å²) in [6.07, 6.45) is 3.73. The number of aromatic nitrogens is 4. The van der Waals surface area contributed by atoms with Gasteiger partial charge in [0, 0.05) is 70.5 Å². The molecule has 0 radical (unpaired) electrons. The molecule has 4 aromatic rings. The zero-order valence-electron chi connectivity index (χ0n) is 20.6. The van der Waals surface area contributed by atoms with Gasteiger partial charge < -0.3 is 24.4 Å². The fraction of sp³-hybridized carbons (Fsp3) is 0.385. The van der Waals surface area contributed by atoms with Crippen LogP contribution in [-0.2, 0) is 11.3 Å². The van der Waals surface area contributed by atoms with Crippen LogP contribution < -0.4 is 9.80 Å². The summed E-state index contributed by atoms with van der Waals surface area (Å²) in [5.41, 5.74) is 2.65. The second-order valence-electron chi connectivity index (χ2n) is 9.44. The summed E-state index contributed by atoms with van der Waals surface area (Å²) in [5.74, 6) is 1.56. The SMILES string of the molecule is CC(=O)N1CCN(c2nc(N(C)Cc3ccc4ncccc4c3)c3cn(C(C)C)c(O)c3n2)CC1. The highest BCUT2D eigenvalue weighted by Gasteiger charge is 2.25. The minimum Gasteiger partial charge on any atom is -0.493 e. The van der Waals surface area contributed by atoms with E-state index in [-0.39, 0.29) is 17.8 Å². The van der Waals surface area contributed by atoms with E-state index in [4.69, 9.17) is 9.97 Å². The summed E-state index contributed by atoms with van der Waals surface area (Å²) in [7, 11) is 2.01. The van der Waals surface area contributed by atoms with Crippen molar-refractivity contribution >= 4 is 39.5 Å². The van der Waals surface area contributed by atoms with Gasteiger partial charge >= 0.3 is 0 Å². The molecule has 0 atom stereocenters. The highest BCUT2D eigenvalue weighted by Crippen LogP contribution is 2.35. The molecule has 5 rings (SSSR count). The third-order valence-electron chi connectivity index (χ3n) is 6.65. The summed E-state index contributed by atoms with van der Waals surface area (Å²) >= 11 is 0. The minimum atomic E-state index is 0.0814. The van der Waals surface area contributed by atoms with Gasteiger partial charge in [-0.2, -0.15) is 4.98 Å². The molecular weight excluding hydrogens is 442 g/mol. The molecule has 9 nitrogen and oxygen atoms in total. The van der Waals surface area contributed by atoms with E-state index in [1.54, 1.807) is 13.1 Å². The number of anilines is 2. The Bertz CT molecular complexity index is 1390. The number of carbonyl (C=O) groups excluding carboxylic acids is 1. The maximum Gasteiger partial charge on any atom is 0.228 e. The van der Waals surface area contributed by atoms with Crippen LogP contribution in [-0.4, -0.2) is 68.7 Å². The summed E-state index contributed by atoms with van der Waals surface area (Å²) in [5, 5.41) is 12.9. The number of pyridine rings is 1.